The smallest absolute Gasteiger partial charge is 0.335 e. The summed E-state index contributed by atoms with van der Waals surface area (Å²) in [6.45, 7) is 6.84. The number of hydrazone groups is 1. The number of aromatic nitrogens is 2. The van der Waals surface area contributed by atoms with Gasteiger partial charge in [-0.1, -0.05) is 26.7 Å². The molecule has 1 aromatic rings. The zero-order chi connectivity index (χ0) is 34.0. The van der Waals surface area contributed by atoms with E-state index >= 15 is 0 Å². The SMILES string of the molecule is CCNC(=O)C1CCC(CNC(=O)N/N=C(\C(=O)Nc2ccn(C)n2)C2(NC(=O)[C@H](CC3(C)CCCC3)NC(=O)CC)CCC2)CC1. The minimum atomic E-state index is -1.13. The van der Waals surface area contributed by atoms with Gasteiger partial charge in [-0.3, -0.25) is 23.9 Å². The van der Waals surface area contributed by atoms with Crippen LogP contribution in [0, 0.1) is 17.3 Å². The van der Waals surface area contributed by atoms with E-state index in [1.54, 1.807) is 30.9 Å². The van der Waals surface area contributed by atoms with Crippen LogP contribution in [0.1, 0.15) is 104 Å². The Kier molecular flexibility index (Phi) is 12.4. The maximum absolute atomic E-state index is 13.9. The molecule has 1 aromatic heterocycles. The largest absolute Gasteiger partial charge is 0.356 e. The maximum atomic E-state index is 13.9. The van der Waals surface area contributed by atoms with Gasteiger partial charge < -0.3 is 26.6 Å². The third-order valence-electron chi connectivity index (χ3n) is 10.1. The van der Waals surface area contributed by atoms with Crippen molar-refractivity contribution in [3.63, 3.8) is 0 Å². The van der Waals surface area contributed by atoms with Gasteiger partial charge in [0, 0.05) is 44.7 Å². The summed E-state index contributed by atoms with van der Waals surface area (Å²) in [5.41, 5.74) is 1.25. The van der Waals surface area contributed by atoms with E-state index in [0.29, 0.717) is 38.2 Å². The molecule has 0 aliphatic heterocycles. The van der Waals surface area contributed by atoms with Crippen LogP contribution in [0.3, 0.4) is 0 Å². The summed E-state index contributed by atoms with van der Waals surface area (Å²) >= 11 is 0. The summed E-state index contributed by atoms with van der Waals surface area (Å²) < 4.78 is 1.55. The fraction of sp³-hybridized carbons (Fsp3) is 0.727. The molecule has 0 unspecified atom stereocenters. The van der Waals surface area contributed by atoms with Crippen molar-refractivity contribution in [1.82, 2.24) is 36.5 Å². The predicted octanol–water partition coefficient (Wildman–Crippen LogP) is 2.86. The second-order valence-corrected chi connectivity index (χ2v) is 13.8. The van der Waals surface area contributed by atoms with Crippen LogP contribution >= 0.6 is 0 Å². The van der Waals surface area contributed by atoms with Crippen LogP contribution in [0.25, 0.3) is 0 Å². The van der Waals surface area contributed by atoms with Crippen molar-refractivity contribution in [2.45, 2.75) is 116 Å². The quantitative estimate of drug-likeness (QED) is 0.132. The number of urea groups is 1. The van der Waals surface area contributed by atoms with E-state index in [2.05, 4.69) is 49.1 Å². The molecule has 3 aliphatic carbocycles. The standard InChI is InChI=1S/C33H53N9O5/c1-5-26(43)36-24(20-32(3)15-7-8-16-32)29(45)38-33(17-9-18-33)27(30(46)37-25-14-19-42(4)41-25)39-40-31(47)35-21-22-10-12-23(13-11-22)28(44)34-6-2/h14,19,22-24H,5-13,15-18,20-21H2,1-4H3,(H,34,44)(H,36,43)(H,38,45)(H2,35,40,47)(H,37,41,46)/b39-27+/t22?,23?,24-/m0/s1. The molecule has 0 bridgehead atoms. The predicted molar refractivity (Wildman–Crippen MR) is 178 cm³/mol. The fourth-order valence-electron chi connectivity index (χ4n) is 7.07. The normalized spacial score (nSPS) is 22.3. The van der Waals surface area contributed by atoms with E-state index in [0.717, 1.165) is 57.8 Å². The van der Waals surface area contributed by atoms with Gasteiger partial charge in [-0.05, 0) is 82.5 Å². The number of amides is 6. The van der Waals surface area contributed by atoms with Crippen LogP contribution in [-0.2, 0) is 26.2 Å². The van der Waals surface area contributed by atoms with Crippen LogP contribution in [0.15, 0.2) is 17.4 Å². The number of hydrogen-bond acceptors (Lipinski definition) is 7. The molecule has 0 spiro atoms. The molecular weight excluding hydrogens is 602 g/mol. The van der Waals surface area contributed by atoms with Crippen molar-refractivity contribution < 1.29 is 24.0 Å². The van der Waals surface area contributed by atoms with Crippen LogP contribution in [-0.4, -0.2) is 69.8 Å². The lowest BCUT2D eigenvalue weighted by molar-refractivity contribution is -0.131. The van der Waals surface area contributed by atoms with Gasteiger partial charge in [-0.2, -0.15) is 10.2 Å². The molecule has 14 heteroatoms. The van der Waals surface area contributed by atoms with E-state index in [1.165, 1.54) is 0 Å². The Labute approximate surface area is 277 Å². The van der Waals surface area contributed by atoms with Gasteiger partial charge in [0.2, 0.25) is 17.7 Å². The molecule has 3 fully saturated rings. The minimum absolute atomic E-state index is 0.00888. The third-order valence-corrected chi connectivity index (χ3v) is 10.1. The van der Waals surface area contributed by atoms with Crippen molar-refractivity contribution >= 4 is 41.2 Å². The first-order valence-electron chi connectivity index (χ1n) is 17.3. The highest BCUT2D eigenvalue weighted by molar-refractivity contribution is 6.46. The van der Waals surface area contributed by atoms with Crippen LogP contribution in [0.5, 0.6) is 0 Å². The maximum Gasteiger partial charge on any atom is 0.335 e. The van der Waals surface area contributed by atoms with Gasteiger partial charge in [0.1, 0.15) is 6.04 Å². The zero-order valence-corrected chi connectivity index (χ0v) is 28.4. The molecule has 4 rings (SSSR count). The van der Waals surface area contributed by atoms with Gasteiger partial charge >= 0.3 is 6.03 Å². The number of nitrogens with one attached hydrogen (secondary N) is 6. The molecule has 0 radical (unpaired) electrons. The Morgan fingerprint density at radius 3 is 2.28 bits per heavy atom. The van der Waals surface area contributed by atoms with Crippen molar-refractivity contribution in [2.24, 2.45) is 29.4 Å². The highest BCUT2D eigenvalue weighted by atomic mass is 16.2. The van der Waals surface area contributed by atoms with Gasteiger partial charge in [0.15, 0.2) is 11.5 Å². The molecule has 3 saturated carbocycles. The number of carbonyl (C=O) groups excluding carboxylic acids is 5. The lowest BCUT2D eigenvalue weighted by Crippen LogP contribution is -2.65. The summed E-state index contributed by atoms with van der Waals surface area (Å²) in [6, 6.07) is 0.311. The molecular formula is C33H53N9O5. The van der Waals surface area contributed by atoms with Crippen molar-refractivity contribution in [3.8, 4) is 0 Å². The number of rotatable bonds is 14. The first kappa shape index (κ1) is 35.9. The molecule has 14 nitrogen and oxygen atoms in total. The Morgan fingerprint density at radius 2 is 1.70 bits per heavy atom. The number of anilines is 1. The molecule has 0 saturated heterocycles. The molecule has 0 aromatic carbocycles. The van der Waals surface area contributed by atoms with Crippen LogP contribution < -0.4 is 32.0 Å². The minimum Gasteiger partial charge on any atom is -0.356 e. The number of aryl methyl sites for hydroxylation is 1. The Balaban J connectivity index is 1.46. The van der Waals surface area contributed by atoms with E-state index < -0.39 is 23.5 Å². The highest BCUT2D eigenvalue weighted by Gasteiger charge is 2.48. The van der Waals surface area contributed by atoms with E-state index in [4.69, 9.17) is 0 Å². The number of hydrogen-bond donors (Lipinski definition) is 6. The number of carbonyl (C=O) groups is 5. The van der Waals surface area contributed by atoms with Crippen molar-refractivity contribution in [2.75, 3.05) is 18.4 Å². The summed E-state index contributed by atoms with van der Waals surface area (Å²) in [7, 11) is 1.73. The number of nitrogens with zero attached hydrogens (tertiary/aromatic N) is 3. The highest BCUT2D eigenvalue weighted by Crippen LogP contribution is 2.42. The summed E-state index contributed by atoms with van der Waals surface area (Å²) in [5, 5.41) is 23.0. The second-order valence-electron chi connectivity index (χ2n) is 13.8. The average molecular weight is 656 g/mol. The van der Waals surface area contributed by atoms with Crippen molar-refractivity contribution in [1.29, 1.82) is 0 Å². The molecule has 1 atom stereocenters. The molecule has 1 heterocycles. The Morgan fingerprint density at radius 1 is 1.00 bits per heavy atom. The third kappa shape index (κ3) is 9.77. The Bertz CT molecular complexity index is 1310. The summed E-state index contributed by atoms with van der Waals surface area (Å²) in [6.07, 6.45) is 11.4. The topological polar surface area (TPSA) is 188 Å². The van der Waals surface area contributed by atoms with E-state index in [9.17, 15) is 24.0 Å². The van der Waals surface area contributed by atoms with Gasteiger partial charge in [0.25, 0.3) is 5.91 Å². The van der Waals surface area contributed by atoms with Gasteiger partial charge in [-0.25, -0.2) is 10.2 Å². The molecule has 260 valence electrons. The summed E-state index contributed by atoms with van der Waals surface area (Å²) in [5.74, 6) is -0.541. The van der Waals surface area contributed by atoms with Crippen LogP contribution in [0.2, 0.25) is 0 Å². The second kappa shape index (κ2) is 16.2. The lowest BCUT2D eigenvalue weighted by Gasteiger charge is -2.43. The zero-order valence-electron chi connectivity index (χ0n) is 28.4. The fourth-order valence-corrected chi connectivity index (χ4v) is 7.07. The Hall–Kier alpha value is -3.97. The van der Waals surface area contributed by atoms with Crippen LogP contribution in [0.4, 0.5) is 10.6 Å². The van der Waals surface area contributed by atoms with E-state index in [-0.39, 0.29) is 47.1 Å². The molecule has 6 N–H and O–H groups in total. The van der Waals surface area contributed by atoms with Crippen molar-refractivity contribution in [3.05, 3.63) is 12.3 Å². The first-order valence-corrected chi connectivity index (χ1v) is 17.3. The molecule has 47 heavy (non-hydrogen) atoms. The van der Waals surface area contributed by atoms with E-state index in [1.807, 2.05) is 6.92 Å². The molecule has 6 amide bonds. The molecule has 3 aliphatic rings. The average Bonchev–Trinajstić information content (AvgIpc) is 3.65. The lowest BCUT2D eigenvalue weighted by atomic mass is 9.72. The summed E-state index contributed by atoms with van der Waals surface area (Å²) in [4.78, 5) is 65.1. The van der Waals surface area contributed by atoms with Gasteiger partial charge in [-0.15, -0.1) is 0 Å². The monoisotopic (exact) mass is 655 g/mol. The first-order chi connectivity index (χ1) is 22.5. The van der Waals surface area contributed by atoms with Gasteiger partial charge in [0.05, 0.1) is 5.54 Å².